The highest BCUT2D eigenvalue weighted by Gasteiger charge is 2.43. The molecule has 2 aromatic rings. The van der Waals surface area contributed by atoms with Crippen LogP contribution in [0.25, 0.3) is 0 Å². The lowest BCUT2D eigenvalue weighted by Crippen LogP contribution is -2.48. The van der Waals surface area contributed by atoms with Gasteiger partial charge in [0, 0.05) is 49.6 Å². The summed E-state index contributed by atoms with van der Waals surface area (Å²) in [7, 11) is -0.497. The number of sulfonamides is 1. The van der Waals surface area contributed by atoms with Gasteiger partial charge in [-0.25, -0.2) is 13.1 Å². The van der Waals surface area contributed by atoms with E-state index >= 15 is 0 Å². The minimum atomic E-state index is -3.99. The van der Waals surface area contributed by atoms with Crippen LogP contribution in [-0.2, 0) is 26.7 Å². The first-order chi connectivity index (χ1) is 21.8. The van der Waals surface area contributed by atoms with Crippen molar-refractivity contribution in [2.75, 3.05) is 38.7 Å². The van der Waals surface area contributed by atoms with Crippen molar-refractivity contribution in [1.29, 1.82) is 0 Å². The number of fused-ring (bicyclic) bond motifs is 4. The molecule has 2 aromatic carbocycles. The van der Waals surface area contributed by atoms with Gasteiger partial charge < -0.3 is 14.5 Å². The van der Waals surface area contributed by atoms with Crippen molar-refractivity contribution in [2.24, 2.45) is 23.7 Å². The Balaban J connectivity index is 1.40. The summed E-state index contributed by atoms with van der Waals surface area (Å²) < 4.78 is 35.9. The van der Waals surface area contributed by atoms with Gasteiger partial charge in [-0.3, -0.25) is 9.59 Å². The molecule has 8 nitrogen and oxygen atoms in total. The third kappa shape index (κ3) is 6.55. The van der Waals surface area contributed by atoms with Crippen LogP contribution in [0.5, 0.6) is 5.75 Å². The lowest BCUT2D eigenvalue weighted by molar-refractivity contribution is -0.129. The van der Waals surface area contributed by atoms with Gasteiger partial charge in [-0.1, -0.05) is 36.7 Å². The van der Waals surface area contributed by atoms with Crippen LogP contribution in [0.4, 0.5) is 5.69 Å². The van der Waals surface area contributed by atoms with E-state index in [-0.39, 0.29) is 28.7 Å². The highest BCUT2D eigenvalue weighted by Crippen LogP contribution is 2.46. The van der Waals surface area contributed by atoms with Gasteiger partial charge in [0.05, 0.1) is 17.5 Å². The smallest absolute Gasteiger partial charge is 0.264 e. The molecule has 2 aliphatic heterocycles. The number of hydrogen-bond donors (Lipinski definition) is 1. The maximum Gasteiger partial charge on any atom is 0.264 e. The van der Waals surface area contributed by atoms with Gasteiger partial charge in [0.25, 0.3) is 5.91 Å². The minimum absolute atomic E-state index is 0.0140. The number of allylic oxidation sites excluding steroid dienone is 2. The van der Waals surface area contributed by atoms with Crippen molar-refractivity contribution in [3.8, 4) is 5.75 Å². The summed E-state index contributed by atoms with van der Waals surface area (Å²) in [5.41, 5.74) is 3.39. The maximum absolute atomic E-state index is 13.5. The molecule has 248 valence electrons. The summed E-state index contributed by atoms with van der Waals surface area (Å²) in [4.78, 5) is 30.3. The van der Waals surface area contributed by atoms with E-state index in [1.165, 1.54) is 11.1 Å². The molecule has 46 heavy (non-hydrogen) atoms. The first-order valence-corrected chi connectivity index (χ1v) is 18.5. The SMILES string of the molecule is C[C@@H]1[C@@H](C)C[C@H](CC(=O)N(C)C)/C=C/[C@@H]2CC[C@H]2CN2C[C@@]3(CCCc4cc(Cl)ccc43)COc3ccc(cc32)C(=O)NS1(=O)=O. The molecule has 2 amide bonds. The lowest BCUT2D eigenvalue weighted by Gasteiger charge is -2.44. The van der Waals surface area contributed by atoms with E-state index in [0.29, 0.717) is 37.0 Å². The van der Waals surface area contributed by atoms with E-state index < -0.39 is 21.2 Å². The second-order valence-corrected chi connectivity index (χ2v) is 16.8. The molecule has 0 aromatic heterocycles. The van der Waals surface area contributed by atoms with E-state index in [1.807, 2.05) is 19.1 Å². The number of amides is 2. The number of nitrogens with one attached hydrogen (secondary N) is 1. The van der Waals surface area contributed by atoms with Crippen molar-refractivity contribution in [3.05, 3.63) is 70.3 Å². The average Bonchev–Trinajstić information content (AvgIpc) is 3.14. The molecule has 1 spiro atoms. The quantitative estimate of drug-likeness (QED) is 0.396. The molecule has 0 unspecified atom stereocenters. The summed E-state index contributed by atoms with van der Waals surface area (Å²) >= 11 is 6.42. The predicted molar refractivity (Wildman–Crippen MR) is 182 cm³/mol. The molecule has 2 aliphatic carbocycles. The van der Waals surface area contributed by atoms with Gasteiger partial charge in [0.2, 0.25) is 15.9 Å². The number of halogens is 1. The number of carbonyl (C=O) groups excluding carboxylic acids is 2. The zero-order chi connectivity index (χ0) is 32.8. The molecule has 0 saturated heterocycles. The number of rotatable bonds is 2. The second-order valence-electron chi connectivity index (χ2n) is 14.3. The van der Waals surface area contributed by atoms with E-state index in [9.17, 15) is 18.0 Å². The molecule has 0 radical (unpaired) electrons. The Bertz CT molecular complexity index is 1640. The van der Waals surface area contributed by atoms with Crippen LogP contribution < -0.4 is 14.4 Å². The molecule has 1 N–H and O–H groups in total. The number of carbonyl (C=O) groups is 2. The monoisotopic (exact) mass is 667 g/mol. The highest BCUT2D eigenvalue weighted by atomic mass is 35.5. The first kappa shape index (κ1) is 32.9. The second kappa shape index (κ2) is 12.9. The van der Waals surface area contributed by atoms with Crippen molar-refractivity contribution < 1.29 is 22.7 Å². The van der Waals surface area contributed by atoms with Crippen LogP contribution in [0.1, 0.15) is 73.9 Å². The van der Waals surface area contributed by atoms with E-state index in [4.69, 9.17) is 16.3 Å². The van der Waals surface area contributed by atoms with Crippen LogP contribution >= 0.6 is 11.6 Å². The third-order valence-electron chi connectivity index (χ3n) is 11.0. The maximum atomic E-state index is 13.5. The van der Waals surface area contributed by atoms with Crippen LogP contribution in [0.15, 0.2) is 48.6 Å². The Morgan fingerprint density at radius 2 is 1.93 bits per heavy atom. The predicted octanol–water partition coefficient (Wildman–Crippen LogP) is 5.98. The van der Waals surface area contributed by atoms with Crippen molar-refractivity contribution in [1.82, 2.24) is 9.62 Å². The molecule has 4 aliphatic rings. The average molecular weight is 668 g/mol. The summed E-state index contributed by atoms with van der Waals surface area (Å²) in [6, 6.07) is 11.5. The molecule has 2 bridgehead atoms. The Morgan fingerprint density at radius 1 is 1.13 bits per heavy atom. The van der Waals surface area contributed by atoms with E-state index in [1.54, 1.807) is 38.1 Å². The van der Waals surface area contributed by atoms with Crippen molar-refractivity contribution >= 4 is 39.1 Å². The zero-order valence-corrected chi connectivity index (χ0v) is 28.9. The van der Waals surface area contributed by atoms with Gasteiger partial charge in [-0.15, -0.1) is 0 Å². The van der Waals surface area contributed by atoms with Crippen LogP contribution in [0.3, 0.4) is 0 Å². The number of benzene rings is 2. The van der Waals surface area contributed by atoms with Crippen LogP contribution in [0.2, 0.25) is 5.02 Å². The molecule has 2 heterocycles. The van der Waals surface area contributed by atoms with Crippen molar-refractivity contribution in [2.45, 2.75) is 69.5 Å². The Labute approximate surface area is 278 Å². The molecule has 1 fully saturated rings. The Morgan fingerprint density at radius 3 is 2.67 bits per heavy atom. The number of hydrogen-bond acceptors (Lipinski definition) is 6. The summed E-state index contributed by atoms with van der Waals surface area (Å²) in [5.74, 6) is 0.446. The largest absolute Gasteiger partial charge is 0.490 e. The first-order valence-electron chi connectivity index (χ1n) is 16.6. The molecule has 6 rings (SSSR count). The fourth-order valence-electron chi connectivity index (χ4n) is 7.81. The molecule has 10 heteroatoms. The normalized spacial score (nSPS) is 31.3. The standard InChI is InChI=1S/C36H46ClN3O5S/c1-23-16-25(17-34(41)39(3)4)7-8-26-9-10-29(26)20-40-21-36(15-5-6-27-18-30(37)12-13-31(27)36)22-45-33-14-11-28(19-32(33)40)35(42)38-46(43,44)24(23)2/h7-8,11-14,18-19,23-26,29H,5-6,9-10,15-17,20-22H2,1-4H3,(H,38,42)/b8-7+/t23-,24+,25+,26+,29-,36-/m0/s1. The Kier molecular flexibility index (Phi) is 9.20. The number of ether oxygens (including phenoxy) is 1. The number of aryl methyl sites for hydroxylation is 1. The number of anilines is 1. The summed E-state index contributed by atoms with van der Waals surface area (Å²) in [6.45, 7) is 5.54. The van der Waals surface area contributed by atoms with E-state index in [2.05, 4.69) is 33.9 Å². The topological polar surface area (TPSA) is 96.0 Å². The third-order valence-corrected chi connectivity index (χ3v) is 13.1. The van der Waals surface area contributed by atoms with Gasteiger partial charge in [0.15, 0.2) is 0 Å². The molecule has 1 saturated carbocycles. The van der Waals surface area contributed by atoms with Crippen molar-refractivity contribution in [3.63, 3.8) is 0 Å². The van der Waals surface area contributed by atoms with Gasteiger partial charge in [0.1, 0.15) is 5.75 Å². The van der Waals surface area contributed by atoms with Crippen LogP contribution in [0, 0.1) is 23.7 Å². The zero-order valence-electron chi connectivity index (χ0n) is 27.3. The fraction of sp³-hybridized carbons (Fsp3) is 0.556. The summed E-state index contributed by atoms with van der Waals surface area (Å²) in [6.07, 6.45) is 10.4. The van der Waals surface area contributed by atoms with E-state index in [0.717, 1.165) is 55.9 Å². The lowest BCUT2D eigenvalue weighted by atomic mass is 9.69. The van der Waals surface area contributed by atoms with Gasteiger partial charge in [-0.2, -0.15) is 0 Å². The summed E-state index contributed by atoms with van der Waals surface area (Å²) in [5, 5.41) is -0.0887. The number of nitrogens with zero attached hydrogens (tertiary/aromatic N) is 2. The fourth-order valence-corrected chi connectivity index (χ4v) is 9.29. The Hall–Kier alpha value is -3.04. The van der Waals surface area contributed by atoms with Gasteiger partial charge >= 0.3 is 0 Å². The van der Waals surface area contributed by atoms with Gasteiger partial charge in [-0.05, 0) is 111 Å². The molecule has 6 atom stereocenters. The molecular weight excluding hydrogens is 622 g/mol. The minimum Gasteiger partial charge on any atom is -0.490 e. The van der Waals surface area contributed by atoms with Crippen LogP contribution in [-0.4, -0.2) is 64.2 Å². The highest BCUT2D eigenvalue weighted by molar-refractivity contribution is 7.90. The molecular formula is C36H46ClN3O5S.